The molecule has 0 aromatic carbocycles. The second-order valence-corrected chi connectivity index (χ2v) is 21.3. The number of ether oxygens (including phenoxy) is 1. The molecule has 5 fully saturated rings. The fourth-order valence-electron chi connectivity index (χ4n) is 14.7. The number of allylic oxidation sites excluding steroid dienone is 2. The molecule has 0 aliphatic heterocycles. The SMILES string of the molecule is CC(C)C1=C2[C@H]3CC[C@@H]4[C@@]5(C)CC[C@H](OC(=O)[C@H]6C[C@@H](C(=O)O)C6(C)C)C(C)(C)[C@@H]5CC[C@@]4(C)[C@]3(C)CC[C@@]2(CC(=O)NCc2cnn3cccnc23)CC1=O. The highest BCUT2D eigenvalue weighted by molar-refractivity contribution is 6.01. The van der Waals surface area contributed by atoms with Crippen LogP contribution in [0.25, 0.3) is 5.65 Å². The molecule has 0 spiro atoms. The number of rotatable bonds is 8. The Morgan fingerprint density at radius 2 is 1.68 bits per heavy atom. The Labute approximate surface area is 332 Å². The average molecular weight is 769 g/mol. The number of fused-ring (bicyclic) bond motifs is 8. The fourth-order valence-corrected chi connectivity index (χ4v) is 14.7. The third kappa shape index (κ3) is 5.45. The van der Waals surface area contributed by atoms with E-state index in [1.54, 1.807) is 16.9 Å². The molecular weight excluding hydrogens is 705 g/mol. The standard InChI is InChI=1S/C46H64N4O6/c1-26(2)36-31(51)22-46(23-35(52)48-24-27-25-49-50-20-10-19-47-38(27)50)18-17-44(8)28(37(36)46)11-12-33-43(7)15-14-34(42(5,6)32(43)13-16-45(33,44)9)56-40(55)30-21-29(39(53)54)41(30,3)4/h10,19-20,25-26,28-30,32-34H,11-18,21-24H2,1-9H3,(H,48,52)(H,53,54)/t28-,29+,30-,32+,33-,34+,43+,44-,45-,46+/m1/s1. The maximum atomic E-state index is 14.1. The maximum absolute atomic E-state index is 14.1. The summed E-state index contributed by atoms with van der Waals surface area (Å²) in [6.07, 6.45) is 14.2. The van der Waals surface area contributed by atoms with E-state index in [1.165, 1.54) is 5.57 Å². The molecular formula is C46H64N4O6. The number of nitrogens with zero attached hydrogens (tertiary/aromatic N) is 3. The summed E-state index contributed by atoms with van der Waals surface area (Å²) in [5.74, 6) is -0.512. The number of carboxylic acid groups (broad SMARTS) is 1. The zero-order valence-electron chi connectivity index (χ0n) is 35.2. The van der Waals surface area contributed by atoms with Crippen LogP contribution in [0.15, 0.2) is 35.8 Å². The lowest BCUT2D eigenvalue weighted by molar-refractivity contribution is -0.236. The van der Waals surface area contributed by atoms with Gasteiger partial charge in [-0.15, -0.1) is 0 Å². The van der Waals surface area contributed by atoms with Crippen LogP contribution in [0.3, 0.4) is 0 Å². The van der Waals surface area contributed by atoms with Gasteiger partial charge in [0, 0.05) is 48.2 Å². The molecule has 10 heteroatoms. The second-order valence-electron chi connectivity index (χ2n) is 21.3. The molecule has 0 radical (unpaired) electrons. The van der Waals surface area contributed by atoms with Gasteiger partial charge in [-0.3, -0.25) is 19.2 Å². The zero-order chi connectivity index (χ0) is 40.4. The first-order valence-electron chi connectivity index (χ1n) is 21.5. The van der Waals surface area contributed by atoms with Gasteiger partial charge < -0.3 is 15.2 Å². The molecule has 5 saturated carbocycles. The number of carboxylic acids is 1. The molecule has 2 N–H and O–H groups in total. The van der Waals surface area contributed by atoms with Crippen LogP contribution in [-0.4, -0.2) is 49.4 Å². The van der Waals surface area contributed by atoms with Crippen molar-refractivity contribution >= 4 is 29.3 Å². The third-order valence-electron chi connectivity index (χ3n) is 18.0. The van der Waals surface area contributed by atoms with E-state index in [9.17, 15) is 24.3 Å². The molecule has 2 aromatic heterocycles. The molecule has 304 valence electrons. The molecule has 0 saturated heterocycles. The summed E-state index contributed by atoms with van der Waals surface area (Å²) in [4.78, 5) is 57.9. The van der Waals surface area contributed by atoms with E-state index in [0.29, 0.717) is 37.6 Å². The van der Waals surface area contributed by atoms with Gasteiger partial charge in [0.25, 0.3) is 0 Å². The lowest BCUT2D eigenvalue weighted by Crippen LogP contribution is -2.66. The monoisotopic (exact) mass is 768 g/mol. The maximum Gasteiger partial charge on any atom is 0.309 e. The van der Waals surface area contributed by atoms with E-state index < -0.39 is 22.7 Å². The number of hydrogen-bond donors (Lipinski definition) is 2. The molecule has 2 heterocycles. The number of carbonyl (C=O) groups excluding carboxylic acids is 3. The fraction of sp³-hybridized carbons (Fsp3) is 0.739. The quantitative estimate of drug-likeness (QED) is 0.256. The molecule has 2 aromatic rings. The van der Waals surface area contributed by atoms with Crippen LogP contribution in [0.4, 0.5) is 0 Å². The van der Waals surface area contributed by atoms with Gasteiger partial charge in [-0.05, 0) is 115 Å². The van der Waals surface area contributed by atoms with Gasteiger partial charge in [-0.2, -0.15) is 5.10 Å². The number of nitrogens with one attached hydrogen (secondary N) is 1. The third-order valence-corrected chi connectivity index (χ3v) is 18.0. The molecule has 10 nitrogen and oxygen atoms in total. The molecule has 6 aliphatic rings. The minimum Gasteiger partial charge on any atom is -0.481 e. The van der Waals surface area contributed by atoms with Crippen LogP contribution in [0, 0.1) is 68.0 Å². The molecule has 10 atom stereocenters. The van der Waals surface area contributed by atoms with Gasteiger partial charge in [0.15, 0.2) is 11.4 Å². The van der Waals surface area contributed by atoms with Crippen LogP contribution < -0.4 is 5.32 Å². The number of hydrogen-bond acceptors (Lipinski definition) is 7. The van der Waals surface area contributed by atoms with Crippen molar-refractivity contribution in [2.75, 3.05) is 0 Å². The molecule has 0 unspecified atom stereocenters. The summed E-state index contributed by atoms with van der Waals surface area (Å²) in [6.45, 7) is 20.7. The normalized spacial score (nSPS) is 39.6. The summed E-state index contributed by atoms with van der Waals surface area (Å²) in [7, 11) is 0. The zero-order valence-corrected chi connectivity index (χ0v) is 35.2. The Bertz CT molecular complexity index is 2010. The largest absolute Gasteiger partial charge is 0.481 e. The number of aromatic nitrogens is 3. The van der Waals surface area contributed by atoms with Crippen LogP contribution >= 0.6 is 0 Å². The lowest BCUT2D eigenvalue weighted by atomic mass is 9.33. The molecule has 56 heavy (non-hydrogen) atoms. The topological polar surface area (TPSA) is 140 Å². The van der Waals surface area contributed by atoms with E-state index in [0.717, 1.165) is 68.2 Å². The van der Waals surface area contributed by atoms with Crippen molar-refractivity contribution in [1.82, 2.24) is 19.9 Å². The van der Waals surface area contributed by atoms with E-state index >= 15 is 0 Å². The summed E-state index contributed by atoms with van der Waals surface area (Å²) in [6, 6.07) is 1.83. The van der Waals surface area contributed by atoms with Crippen LogP contribution in [0.5, 0.6) is 0 Å². The van der Waals surface area contributed by atoms with Gasteiger partial charge in [-0.1, -0.05) is 67.9 Å². The predicted octanol–water partition coefficient (Wildman–Crippen LogP) is 8.38. The Kier molecular flexibility index (Phi) is 9.10. The van der Waals surface area contributed by atoms with Crippen molar-refractivity contribution in [3.63, 3.8) is 0 Å². The highest BCUT2D eigenvalue weighted by Gasteiger charge is 2.70. The smallest absolute Gasteiger partial charge is 0.309 e. The highest BCUT2D eigenvalue weighted by atomic mass is 16.5. The van der Waals surface area contributed by atoms with E-state index in [1.807, 2.05) is 26.1 Å². The van der Waals surface area contributed by atoms with Gasteiger partial charge in [-0.25, -0.2) is 9.50 Å². The first-order chi connectivity index (χ1) is 26.2. The predicted molar refractivity (Wildman–Crippen MR) is 212 cm³/mol. The van der Waals surface area contributed by atoms with Crippen molar-refractivity contribution in [2.45, 2.75) is 146 Å². The summed E-state index contributed by atoms with van der Waals surface area (Å²) in [5.41, 5.74) is 2.74. The van der Waals surface area contributed by atoms with Crippen molar-refractivity contribution in [3.8, 4) is 0 Å². The molecule has 0 bridgehead atoms. The lowest BCUT2D eigenvalue weighted by Gasteiger charge is -2.72. The Morgan fingerprint density at radius 3 is 2.38 bits per heavy atom. The summed E-state index contributed by atoms with van der Waals surface area (Å²) >= 11 is 0. The Morgan fingerprint density at radius 1 is 0.929 bits per heavy atom. The van der Waals surface area contributed by atoms with Gasteiger partial charge in [0.2, 0.25) is 5.91 Å². The molecule has 1 amide bonds. The minimum atomic E-state index is -0.833. The molecule has 8 rings (SSSR count). The van der Waals surface area contributed by atoms with Gasteiger partial charge >= 0.3 is 11.9 Å². The Balaban J connectivity index is 1.03. The molecule has 6 aliphatic carbocycles. The van der Waals surface area contributed by atoms with E-state index in [2.05, 4.69) is 63.9 Å². The van der Waals surface area contributed by atoms with Crippen LogP contribution in [-0.2, 0) is 30.5 Å². The number of esters is 1. The van der Waals surface area contributed by atoms with Gasteiger partial charge in [0.1, 0.15) is 6.10 Å². The van der Waals surface area contributed by atoms with Crippen molar-refractivity contribution in [1.29, 1.82) is 0 Å². The minimum absolute atomic E-state index is 0.0172. The van der Waals surface area contributed by atoms with Crippen LogP contribution in [0.1, 0.15) is 139 Å². The van der Waals surface area contributed by atoms with Gasteiger partial charge in [0.05, 0.1) is 18.0 Å². The first-order valence-corrected chi connectivity index (χ1v) is 21.5. The average Bonchev–Trinajstić information content (AvgIpc) is 3.66. The van der Waals surface area contributed by atoms with Crippen LogP contribution in [0.2, 0.25) is 0 Å². The van der Waals surface area contributed by atoms with Crippen molar-refractivity contribution < 1.29 is 29.0 Å². The summed E-state index contributed by atoms with van der Waals surface area (Å²) < 4.78 is 8.13. The number of ketones is 1. The van der Waals surface area contributed by atoms with Crippen molar-refractivity contribution in [3.05, 3.63) is 41.4 Å². The first kappa shape index (κ1) is 39.3. The second kappa shape index (κ2) is 13.0. The van der Waals surface area contributed by atoms with E-state index in [4.69, 9.17) is 4.74 Å². The number of Topliss-reactive ketones (excluding diaryl/α,β-unsaturated/α-hetero) is 1. The Hall–Kier alpha value is -3.56. The van der Waals surface area contributed by atoms with E-state index in [-0.39, 0.29) is 63.2 Å². The number of amides is 1. The highest BCUT2D eigenvalue weighted by Crippen LogP contribution is 2.77. The number of aliphatic carboxylic acids is 1. The number of carbonyl (C=O) groups is 4. The summed E-state index contributed by atoms with van der Waals surface area (Å²) in [5, 5.41) is 17.2. The van der Waals surface area contributed by atoms with Crippen molar-refractivity contribution in [2.24, 2.45) is 68.0 Å².